The minimum Gasteiger partial charge on any atom is -0.452 e. The third-order valence-electron chi connectivity index (χ3n) is 6.57. The zero-order chi connectivity index (χ0) is 30.7. The maximum absolute atomic E-state index is 15.2. The summed E-state index contributed by atoms with van der Waals surface area (Å²) in [6, 6.07) is 10.1. The van der Waals surface area contributed by atoms with Gasteiger partial charge in [-0.15, -0.1) is 0 Å². The fourth-order valence-electron chi connectivity index (χ4n) is 4.37. The Morgan fingerprint density at radius 3 is 2.49 bits per heavy atom. The second-order valence-corrected chi connectivity index (χ2v) is 9.40. The summed E-state index contributed by atoms with van der Waals surface area (Å²) in [6.45, 7) is 1.81. The molecule has 0 atom stereocenters. The lowest BCUT2D eigenvalue weighted by Gasteiger charge is -2.14. The highest BCUT2D eigenvalue weighted by atomic mass is 19.1. The molecule has 0 unspecified atom stereocenters. The van der Waals surface area contributed by atoms with Crippen molar-refractivity contribution in [3.63, 3.8) is 0 Å². The van der Waals surface area contributed by atoms with E-state index in [1.807, 2.05) is 7.05 Å². The van der Waals surface area contributed by atoms with Crippen LogP contribution in [-0.2, 0) is 20.0 Å². The van der Waals surface area contributed by atoms with Gasteiger partial charge in [0.1, 0.15) is 17.1 Å². The van der Waals surface area contributed by atoms with E-state index in [1.54, 1.807) is 36.3 Å². The minimum atomic E-state index is -0.918. The Morgan fingerprint density at radius 2 is 1.84 bits per heavy atom. The normalized spacial score (nSPS) is 10.9. The van der Waals surface area contributed by atoms with Crippen LogP contribution in [0.3, 0.4) is 0 Å². The van der Waals surface area contributed by atoms with Gasteiger partial charge in [0.25, 0.3) is 11.5 Å². The number of anilines is 1. The number of carbonyl (C=O) groups is 1. The van der Waals surface area contributed by atoms with Gasteiger partial charge in [-0.3, -0.25) is 19.1 Å². The summed E-state index contributed by atoms with van der Waals surface area (Å²) in [7, 11) is 1.82. The lowest BCUT2D eigenvalue weighted by atomic mass is 10.1. The van der Waals surface area contributed by atoms with E-state index in [2.05, 4.69) is 15.3 Å². The monoisotopic (exact) mass is 585 g/mol. The molecule has 1 amide bonds. The number of aryl methyl sites for hydroxylation is 2. The summed E-state index contributed by atoms with van der Waals surface area (Å²) < 4.78 is 38.2. The number of aromatic nitrogens is 5. The largest absolute Gasteiger partial charge is 0.452 e. The van der Waals surface area contributed by atoms with Crippen LogP contribution in [0.4, 0.5) is 14.5 Å². The first-order chi connectivity index (χ1) is 20.7. The van der Waals surface area contributed by atoms with Crippen molar-refractivity contribution >= 4 is 17.8 Å². The topological polar surface area (TPSA) is 137 Å². The minimum absolute atomic E-state index is 0.0262. The Hall–Kier alpha value is -5.72. The number of nitrogens with one attached hydrogen (secondary N) is 2. The number of rotatable bonds is 9. The molecule has 11 nitrogen and oxygen atoms in total. The summed E-state index contributed by atoms with van der Waals surface area (Å²) >= 11 is 0. The van der Waals surface area contributed by atoms with Crippen molar-refractivity contribution in [3.8, 4) is 28.4 Å². The predicted octanol–water partition coefficient (Wildman–Crippen LogP) is 4.33. The number of carbonyl (C=O) groups excluding carboxylic acids is 1. The van der Waals surface area contributed by atoms with E-state index in [1.165, 1.54) is 24.3 Å². The molecule has 0 fully saturated rings. The first kappa shape index (κ1) is 28.8. The van der Waals surface area contributed by atoms with Crippen LogP contribution in [0.2, 0.25) is 0 Å². The Balaban J connectivity index is 1.43. The molecule has 13 heteroatoms. The molecule has 218 valence electrons. The summed E-state index contributed by atoms with van der Waals surface area (Å²) in [5, 5.41) is 9.95. The highest BCUT2D eigenvalue weighted by Crippen LogP contribution is 2.32. The maximum atomic E-state index is 15.2. The molecule has 0 saturated carbocycles. The molecule has 5 rings (SSSR count). The van der Waals surface area contributed by atoms with Gasteiger partial charge in [-0.1, -0.05) is 0 Å². The van der Waals surface area contributed by atoms with E-state index < -0.39 is 28.8 Å². The second-order valence-electron chi connectivity index (χ2n) is 9.40. The van der Waals surface area contributed by atoms with Crippen molar-refractivity contribution in [1.29, 1.82) is 5.41 Å². The van der Waals surface area contributed by atoms with Crippen LogP contribution in [0, 0.1) is 17.0 Å². The summed E-state index contributed by atoms with van der Waals surface area (Å²) in [5.41, 5.74) is -0.0327. The molecule has 0 aliphatic heterocycles. The number of hydrogen-bond acceptors (Lipinski definition) is 7. The van der Waals surface area contributed by atoms with Crippen LogP contribution < -0.4 is 21.3 Å². The van der Waals surface area contributed by atoms with Gasteiger partial charge in [0.2, 0.25) is 0 Å². The van der Waals surface area contributed by atoms with Gasteiger partial charge < -0.3 is 20.0 Å². The van der Waals surface area contributed by atoms with E-state index in [-0.39, 0.29) is 41.4 Å². The fourth-order valence-corrected chi connectivity index (χ4v) is 4.37. The molecule has 2 aromatic carbocycles. The lowest BCUT2D eigenvalue weighted by molar-refractivity contribution is 0.102. The molecule has 43 heavy (non-hydrogen) atoms. The molecule has 3 heterocycles. The van der Waals surface area contributed by atoms with Gasteiger partial charge in [0.05, 0.1) is 29.6 Å². The van der Waals surface area contributed by atoms with E-state index in [4.69, 9.17) is 10.1 Å². The number of imidazole rings is 1. The maximum Gasteiger partial charge on any atom is 0.335 e. The molecule has 0 spiro atoms. The SMILES string of the molecule is CCn1cc(C(=O)Nc2ccc(Oc3cc(-c4cncn4C)cnc3CC=N)c(F)c2)c(=O)n(-c2ccc(F)cc2)c1=O. The number of ether oxygens (including phenoxy) is 1. The third kappa shape index (κ3) is 5.86. The van der Waals surface area contributed by atoms with Crippen LogP contribution in [0.5, 0.6) is 11.5 Å². The van der Waals surface area contributed by atoms with E-state index in [9.17, 15) is 18.8 Å². The Labute approximate surface area is 243 Å². The molecule has 0 saturated heterocycles. The van der Waals surface area contributed by atoms with Crippen LogP contribution in [-0.4, -0.2) is 35.8 Å². The van der Waals surface area contributed by atoms with Crippen molar-refractivity contribution in [2.45, 2.75) is 19.9 Å². The highest BCUT2D eigenvalue weighted by molar-refractivity contribution is 6.03. The van der Waals surface area contributed by atoms with E-state index in [0.717, 1.165) is 45.4 Å². The first-order valence-electron chi connectivity index (χ1n) is 13.1. The standard InChI is InChI=1S/C30H25F2N7O4/c1-3-38-16-22(29(41)39(30(38)42)21-7-4-19(31)5-8-21)28(40)36-20-6-9-26(23(32)13-20)43-27-12-18(14-35-24(27)10-11-33)25-15-34-17-37(25)2/h4-9,11-17,33H,3,10H2,1-2H3,(H,36,40). The van der Waals surface area contributed by atoms with Crippen LogP contribution in [0.25, 0.3) is 16.9 Å². The van der Waals surface area contributed by atoms with Crippen LogP contribution >= 0.6 is 0 Å². The van der Waals surface area contributed by atoms with Gasteiger partial charge in [0, 0.05) is 55.9 Å². The van der Waals surface area contributed by atoms with Gasteiger partial charge in [-0.05, 0) is 49.4 Å². The molecular formula is C30H25F2N7O4. The van der Waals surface area contributed by atoms with E-state index >= 15 is 4.39 Å². The lowest BCUT2D eigenvalue weighted by Crippen LogP contribution is -2.42. The quantitative estimate of drug-likeness (QED) is 0.247. The third-order valence-corrected chi connectivity index (χ3v) is 6.57. The molecule has 3 aromatic heterocycles. The molecule has 2 N–H and O–H groups in total. The van der Waals surface area contributed by atoms with Crippen molar-refractivity contribution in [2.24, 2.45) is 7.05 Å². The number of hydrogen-bond donors (Lipinski definition) is 2. The number of amides is 1. The number of halogens is 2. The Morgan fingerprint density at radius 1 is 1.07 bits per heavy atom. The van der Waals surface area contributed by atoms with Crippen LogP contribution in [0.15, 0.2) is 83.0 Å². The summed E-state index contributed by atoms with van der Waals surface area (Å²) in [5.74, 6) is -2.17. The zero-order valence-electron chi connectivity index (χ0n) is 23.0. The summed E-state index contributed by atoms with van der Waals surface area (Å²) in [6.07, 6.45) is 7.33. The molecule has 0 aliphatic carbocycles. The fraction of sp³-hybridized carbons (Fsp3) is 0.133. The Kier molecular flexibility index (Phi) is 8.05. The van der Waals surface area contributed by atoms with Gasteiger partial charge in [-0.25, -0.2) is 23.1 Å². The molecule has 0 bridgehead atoms. The smallest absolute Gasteiger partial charge is 0.335 e. The van der Waals surface area contributed by atoms with Gasteiger partial charge in [0.15, 0.2) is 11.6 Å². The average molecular weight is 586 g/mol. The molecule has 0 radical (unpaired) electrons. The Bertz CT molecular complexity index is 1960. The second kappa shape index (κ2) is 12.0. The average Bonchev–Trinajstić information content (AvgIpc) is 3.42. The van der Waals surface area contributed by atoms with Gasteiger partial charge >= 0.3 is 5.69 Å². The van der Waals surface area contributed by atoms with Crippen molar-refractivity contribution < 1.29 is 18.3 Å². The molecule has 0 aliphatic rings. The molecular weight excluding hydrogens is 560 g/mol. The van der Waals surface area contributed by atoms with Crippen molar-refractivity contribution in [1.82, 2.24) is 23.7 Å². The zero-order valence-corrected chi connectivity index (χ0v) is 23.0. The number of nitrogens with zero attached hydrogens (tertiary/aromatic N) is 5. The van der Waals surface area contributed by atoms with Crippen molar-refractivity contribution in [2.75, 3.05) is 5.32 Å². The number of pyridine rings is 1. The first-order valence-corrected chi connectivity index (χ1v) is 13.1. The van der Waals surface area contributed by atoms with E-state index in [0.29, 0.717) is 11.3 Å². The van der Waals surface area contributed by atoms with Gasteiger partial charge in [-0.2, -0.15) is 0 Å². The molecule has 5 aromatic rings. The van der Waals surface area contributed by atoms with Crippen LogP contribution in [0.1, 0.15) is 23.0 Å². The summed E-state index contributed by atoms with van der Waals surface area (Å²) in [4.78, 5) is 47.7. The van der Waals surface area contributed by atoms with Crippen molar-refractivity contribution in [3.05, 3.63) is 117 Å². The number of benzene rings is 2. The highest BCUT2D eigenvalue weighted by Gasteiger charge is 2.20. The predicted molar refractivity (Wildman–Crippen MR) is 155 cm³/mol.